The Labute approximate surface area is 116 Å². The first-order chi connectivity index (χ1) is 9.02. The van der Waals surface area contributed by atoms with Crippen LogP contribution in [0.5, 0.6) is 5.75 Å². The van der Waals surface area contributed by atoms with E-state index < -0.39 is 6.09 Å². The fourth-order valence-corrected chi connectivity index (χ4v) is 2.64. The van der Waals surface area contributed by atoms with Gasteiger partial charge in [0, 0.05) is 30.7 Å². The molecule has 2 rings (SSSR count). The number of piperidine rings is 1. The molecular weight excluding hydrogens is 268 g/mol. The summed E-state index contributed by atoms with van der Waals surface area (Å²) in [6, 6.07) is 5.09. The standard InChI is InChI=1S/C13H17ClN2O3/c14-10-5-9(6-12(17)7-10)8-16-3-1-11(2-4-16)15-13(18)19/h5-7,11,15,17H,1-4,8H2,(H,18,19). The van der Waals surface area contributed by atoms with Crippen molar-refractivity contribution in [1.29, 1.82) is 0 Å². The zero-order chi connectivity index (χ0) is 13.8. The zero-order valence-corrected chi connectivity index (χ0v) is 11.2. The topological polar surface area (TPSA) is 72.8 Å². The molecule has 1 fully saturated rings. The fourth-order valence-electron chi connectivity index (χ4n) is 2.39. The maximum atomic E-state index is 10.5. The van der Waals surface area contributed by atoms with Gasteiger partial charge >= 0.3 is 6.09 Å². The molecule has 1 saturated heterocycles. The van der Waals surface area contributed by atoms with Crippen LogP contribution in [0.25, 0.3) is 0 Å². The highest BCUT2D eigenvalue weighted by molar-refractivity contribution is 6.30. The monoisotopic (exact) mass is 284 g/mol. The highest BCUT2D eigenvalue weighted by Crippen LogP contribution is 2.22. The third-order valence-corrected chi connectivity index (χ3v) is 3.48. The van der Waals surface area contributed by atoms with Crippen molar-refractivity contribution in [2.24, 2.45) is 0 Å². The van der Waals surface area contributed by atoms with Crippen molar-refractivity contribution in [3.63, 3.8) is 0 Å². The molecule has 5 nitrogen and oxygen atoms in total. The van der Waals surface area contributed by atoms with Gasteiger partial charge in [-0.3, -0.25) is 4.90 Å². The summed E-state index contributed by atoms with van der Waals surface area (Å²) in [6.07, 6.45) is 0.649. The number of phenolic OH excluding ortho intramolecular Hbond substituents is 1. The highest BCUT2D eigenvalue weighted by atomic mass is 35.5. The molecule has 19 heavy (non-hydrogen) atoms. The minimum atomic E-state index is -0.960. The summed E-state index contributed by atoms with van der Waals surface area (Å²) in [7, 11) is 0. The lowest BCUT2D eigenvalue weighted by molar-refractivity contribution is 0.165. The molecule has 104 valence electrons. The van der Waals surface area contributed by atoms with Crippen molar-refractivity contribution in [3.05, 3.63) is 28.8 Å². The van der Waals surface area contributed by atoms with Crippen LogP contribution < -0.4 is 5.32 Å². The minimum absolute atomic E-state index is 0.0431. The number of nitrogens with one attached hydrogen (secondary N) is 1. The minimum Gasteiger partial charge on any atom is -0.508 e. The van der Waals surface area contributed by atoms with Gasteiger partial charge in [0.05, 0.1) is 0 Å². The molecule has 3 N–H and O–H groups in total. The van der Waals surface area contributed by atoms with Gasteiger partial charge in [-0.2, -0.15) is 0 Å². The van der Waals surface area contributed by atoms with E-state index in [-0.39, 0.29) is 11.8 Å². The number of likely N-dealkylation sites (tertiary alicyclic amines) is 1. The molecule has 1 aliphatic heterocycles. The molecule has 0 atom stereocenters. The Hall–Kier alpha value is -1.46. The van der Waals surface area contributed by atoms with Gasteiger partial charge in [-0.1, -0.05) is 11.6 Å². The van der Waals surface area contributed by atoms with E-state index >= 15 is 0 Å². The van der Waals surface area contributed by atoms with E-state index in [0.29, 0.717) is 11.6 Å². The quantitative estimate of drug-likeness (QED) is 0.796. The van der Waals surface area contributed by atoms with Gasteiger partial charge < -0.3 is 15.5 Å². The average Bonchev–Trinajstić information content (AvgIpc) is 2.29. The molecule has 1 heterocycles. The number of carbonyl (C=O) groups is 1. The summed E-state index contributed by atoms with van der Waals surface area (Å²) in [5, 5.41) is 21.2. The molecule has 0 radical (unpaired) electrons. The Bertz CT molecular complexity index is 439. The Balaban J connectivity index is 1.86. The summed E-state index contributed by atoms with van der Waals surface area (Å²) in [4.78, 5) is 12.8. The van der Waals surface area contributed by atoms with Crippen LogP contribution in [-0.4, -0.2) is 40.3 Å². The maximum absolute atomic E-state index is 10.5. The lowest BCUT2D eigenvalue weighted by Gasteiger charge is -2.31. The van der Waals surface area contributed by atoms with E-state index in [1.54, 1.807) is 6.07 Å². The SMILES string of the molecule is O=C(O)NC1CCN(Cc2cc(O)cc(Cl)c2)CC1. The number of aromatic hydroxyl groups is 1. The van der Waals surface area contributed by atoms with E-state index in [0.717, 1.165) is 31.5 Å². The van der Waals surface area contributed by atoms with Crippen molar-refractivity contribution >= 4 is 17.7 Å². The Morgan fingerprint density at radius 2 is 2.05 bits per heavy atom. The summed E-state index contributed by atoms with van der Waals surface area (Å²) < 4.78 is 0. The predicted molar refractivity (Wildman–Crippen MR) is 72.6 cm³/mol. The summed E-state index contributed by atoms with van der Waals surface area (Å²) in [6.45, 7) is 2.38. The van der Waals surface area contributed by atoms with E-state index in [1.807, 2.05) is 6.07 Å². The zero-order valence-electron chi connectivity index (χ0n) is 10.5. The first-order valence-corrected chi connectivity index (χ1v) is 6.61. The molecule has 0 aliphatic carbocycles. The van der Waals surface area contributed by atoms with Crippen molar-refractivity contribution in [3.8, 4) is 5.75 Å². The Morgan fingerprint density at radius 1 is 1.37 bits per heavy atom. The molecule has 1 aliphatic rings. The second-order valence-corrected chi connectivity index (χ2v) is 5.25. The van der Waals surface area contributed by atoms with Crippen molar-refractivity contribution in [2.45, 2.75) is 25.4 Å². The average molecular weight is 285 g/mol. The van der Waals surface area contributed by atoms with Gasteiger partial charge in [0.2, 0.25) is 0 Å². The highest BCUT2D eigenvalue weighted by Gasteiger charge is 2.20. The van der Waals surface area contributed by atoms with Gasteiger partial charge in [-0.15, -0.1) is 0 Å². The first kappa shape index (κ1) is 14.0. The number of hydrogen-bond acceptors (Lipinski definition) is 3. The smallest absolute Gasteiger partial charge is 0.404 e. The van der Waals surface area contributed by atoms with Crippen LogP contribution in [0.3, 0.4) is 0 Å². The second kappa shape index (κ2) is 6.12. The van der Waals surface area contributed by atoms with Crippen LogP contribution >= 0.6 is 11.6 Å². The normalized spacial score (nSPS) is 17.3. The molecule has 6 heteroatoms. The summed E-state index contributed by atoms with van der Waals surface area (Å²) in [5.74, 6) is 0.171. The maximum Gasteiger partial charge on any atom is 0.404 e. The molecule has 0 spiro atoms. The van der Waals surface area contributed by atoms with Crippen LogP contribution in [0.2, 0.25) is 5.02 Å². The molecular formula is C13H17ClN2O3. The molecule has 0 bridgehead atoms. The third kappa shape index (κ3) is 4.29. The number of rotatable bonds is 3. The number of nitrogens with zero attached hydrogens (tertiary/aromatic N) is 1. The van der Waals surface area contributed by atoms with E-state index in [1.165, 1.54) is 6.07 Å². The molecule has 0 saturated carbocycles. The van der Waals surface area contributed by atoms with Gasteiger partial charge in [0.1, 0.15) is 5.75 Å². The van der Waals surface area contributed by atoms with E-state index in [9.17, 15) is 9.90 Å². The number of amides is 1. The molecule has 0 unspecified atom stereocenters. The van der Waals surface area contributed by atoms with Gasteiger partial charge in [0.15, 0.2) is 0 Å². The van der Waals surface area contributed by atoms with Crippen molar-refractivity contribution < 1.29 is 15.0 Å². The van der Waals surface area contributed by atoms with Crippen LogP contribution in [0.1, 0.15) is 18.4 Å². The molecule has 0 aromatic heterocycles. The van der Waals surface area contributed by atoms with E-state index in [4.69, 9.17) is 16.7 Å². The predicted octanol–water partition coefficient (Wildman–Crippen LogP) is 2.28. The lowest BCUT2D eigenvalue weighted by atomic mass is 10.0. The number of halogens is 1. The van der Waals surface area contributed by atoms with Crippen LogP contribution in [0.15, 0.2) is 18.2 Å². The molecule has 1 aromatic carbocycles. The van der Waals surface area contributed by atoms with Crippen LogP contribution in [0, 0.1) is 0 Å². The fraction of sp³-hybridized carbons (Fsp3) is 0.462. The summed E-state index contributed by atoms with van der Waals surface area (Å²) in [5.41, 5.74) is 0.967. The molecule has 1 aromatic rings. The van der Waals surface area contributed by atoms with Crippen LogP contribution in [-0.2, 0) is 6.54 Å². The third-order valence-electron chi connectivity index (χ3n) is 3.26. The summed E-state index contributed by atoms with van der Waals surface area (Å²) >= 11 is 5.89. The van der Waals surface area contributed by atoms with Crippen molar-refractivity contribution in [1.82, 2.24) is 10.2 Å². The van der Waals surface area contributed by atoms with Gasteiger partial charge in [0.25, 0.3) is 0 Å². The van der Waals surface area contributed by atoms with Gasteiger partial charge in [-0.05, 0) is 36.6 Å². The number of carboxylic acid groups (broad SMARTS) is 1. The Morgan fingerprint density at radius 3 is 2.63 bits per heavy atom. The molecule has 1 amide bonds. The lowest BCUT2D eigenvalue weighted by Crippen LogP contribution is -2.43. The Kier molecular flexibility index (Phi) is 4.50. The van der Waals surface area contributed by atoms with E-state index in [2.05, 4.69) is 10.2 Å². The second-order valence-electron chi connectivity index (χ2n) is 4.82. The number of benzene rings is 1. The van der Waals surface area contributed by atoms with Gasteiger partial charge in [-0.25, -0.2) is 4.79 Å². The largest absolute Gasteiger partial charge is 0.508 e. The van der Waals surface area contributed by atoms with Crippen LogP contribution in [0.4, 0.5) is 4.79 Å². The first-order valence-electron chi connectivity index (χ1n) is 6.23. The number of hydrogen-bond donors (Lipinski definition) is 3. The number of phenols is 1. The van der Waals surface area contributed by atoms with Crippen molar-refractivity contribution in [2.75, 3.05) is 13.1 Å².